The first-order chi connectivity index (χ1) is 14.0. The number of anilines is 1. The van der Waals surface area contributed by atoms with Gasteiger partial charge in [-0.05, 0) is 36.8 Å². The monoisotopic (exact) mass is 430 g/mol. The number of carboxylic acids is 2. The molecule has 0 bridgehead atoms. The molecule has 0 saturated heterocycles. The van der Waals surface area contributed by atoms with Crippen molar-refractivity contribution in [3.8, 4) is 0 Å². The highest BCUT2D eigenvalue weighted by Gasteiger charge is 2.14. The standard InChI is InChI=1S/C17H16N4O2S.C2H2O4/c1-11-6-8-16(17(10-11)24(19,22)23)21-20-15-9-7-14(18)12-4-2-3-5-13(12)15;3-1(4)2(5)6/h2-10H,18H2,1H3,(H2,19,22,23);(H,3,4)(H,5,6). The summed E-state index contributed by atoms with van der Waals surface area (Å²) in [5.74, 6) is -3.65. The molecule has 0 radical (unpaired) electrons. The maximum atomic E-state index is 11.7. The smallest absolute Gasteiger partial charge is 0.414 e. The number of nitrogen functional groups attached to an aromatic ring is 1. The summed E-state index contributed by atoms with van der Waals surface area (Å²) in [7, 11) is -3.88. The molecule has 3 aromatic carbocycles. The van der Waals surface area contributed by atoms with Gasteiger partial charge in [-0.2, -0.15) is 0 Å². The Labute approximate surface area is 171 Å². The lowest BCUT2D eigenvalue weighted by Crippen LogP contribution is -2.12. The number of hydrogen-bond donors (Lipinski definition) is 4. The number of sulfonamides is 1. The van der Waals surface area contributed by atoms with Crippen LogP contribution in [-0.2, 0) is 19.6 Å². The van der Waals surface area contributed by atoms with Crippen LogP contribution in [-0.4, -0.2) is 30.6 Å². The molecule has 0 aliphatic heterocycles. The minimum Gasteiger partial charge on any atom is -0.473 e. The minimum absolute atomic E-state index is 0.0500. The Hall–Kier alpha value is -3.83. The predicted octanol–water partition coefficient (Wildman–Crippen LogP) is 2.95. The molecule has 3 rings (SSSR count). The summed E-state index contributed by atoms with van der Waals surface area (Å²) in [5, 5.41) is 30.0. The van der Waals surface area contributed by atoms with Crippen LogP contribution >= 0.6 is 0 Å². The Kier molecular flexibility index (Phi) is 6.82. The molecule has 0 unspecified atom stereocenters. The maximum absolute atomic E-state index is 11.7. The van der Waals surface area contributed by atoms with E-state index in [1.165, 1.54) is 6.07 Å². The molecule has 0 aliphatic carbocycles. The van der Waals surface area contributed by atoms with Crippen LogP contribution < -0.4 is 10.9 Å². The Morgan fingerprint density at radius 2 is 1.40 bits per heavy atom. The molecule has 0 heterocycles. The fraction of sp³-hybridized carbons (Fsp3) is 0.0526. The van der Waals surface area contributed by atoms with Crippen molar-refractivity contribution in [3.05, 3.63) is 60.2 Å². The van der Waals surface area contributed by atoms with Gasteiger partial charge in [0.1, 0.15) is 10.6 Å². The van der Waals surface area contributed by atoms with Gasteiger partial charge >= 0.3 is 11.9 Å². The number of nitrogens with two attached hydrogens (primary N) is 2. The third-order valence-electron chi connectivity index (χ3n) is 3.81. The van der Waals surface area contributed by atoms with E-state index in [1.54, 1.807) is 31.2 Å². The summed E-state index contributed by atoms with van der Waals surface area (Å²) in [4.78, 5) is 18.1. The van der Waals surface area contributed by atoms with Gasteiger partial charge in [0, 0.05) is 16.5 Å². The Morgan fingerprint density at radius 1 is 0.867 bits per heavy atom. The topological polar surface area (TPSA) is 185 Å². The summed E-state index contributed by atoms with van der Waals surface area (Å²) in [6, 6.07) is 15.8. The van der Waals surface area contributed by atoms with Gasteiger partial charge in [-0.25, -0.2) is 23.1 Å². The van der Waals surface area contributed by atoms with Crippen LogP contribution in [0.3, 0.4) is 0 Å². The Balaban J connectivity index is 0.000000469. The van der Waals surface area contributed by atoms with Crippen molar-refractivity contribution in [3.63, 3.8) is 0 Å². The van der Waals surface area contributed by atoms with Crippen LogP contribution in [0.1, 0.15) is 5.56 Å². The minimum atomic E-state index is -3.88. The van der Waals surface area contributed by atoms with E-state index in [4.69, 9.17) is 30.7 Å². The number of primary sulfonamides is 1. The lowest BCUT2D eigenvalue weighted by molar-refractivity contribution is -0.159. The molecule has 0 amide bonds. The van der Waals surface area contributed by atoms with Crippen LogP contribution in [0.4, 0.5) is 17.1 Å². The van der Waals surface area contributed by atoms with E-state index in [2.05, 4.69) is 10.2 Å². The van der Waals surface area contributed by atoms with Crippen LogP contribution in [0.5, 0.6) is 0 Å². The summed E-state index contributed by atoms with van der Waals surface area (Å²) < 4.78 is 23.5. The van der Waals surface area contributed by atoms with Gasteiger partial charge in [-0.15, -0.1) is 10.2 Å². The van der Waals surface area contributed by atoms with Crippen molar-refractivity contribution < 1.29 is 28.2 Å². The van der Waals surface area contributed by atoms with E-state index in [0.29, 0.717) is 11.4 Å². The van der Waals surface area contributed by atoms with Crippen molar-refractivity contribution in [1.82, 2.24) is 0 Å². The average molecular weight is 430 g/mol. The van der Waals surface area contributed by atoms with Gasteiger partial charge in [0.2, 0.25) is 10.0 Å². The third-order valence-corrected chi connectivity index (χ3v) is 4.75. The zero-order valence-electron chi connectivity index (χ0n) is 15.7. The molecule has 0 atom stereocenters. The average Bonchev–Trinajstić information content (AvgIpc) is 2.68. The molecule has 0 aromatic heterocycles. The summed E-state index contributed by atoms with van der Waals surface area (Å²) in [5.41, 5.74) is 8.18. The molecule has 0 saturated carbocycles. The van der Waals surface area contributed by atoms with Crippen molar-refractivity contribution in [2.75, 3.05) is 5.73 Å². The lowest BCUT2D eigenvalue weighted by Gasteiger charge is -2.06. The second-order valence-corrected chi connectivity index (χ2v) is 7.58. The van der Waals surface area contributed by atoms with Gasteiger partial charge < -0.3 is 15.9 Å². The van der Waals surface area contributed by atoms with Crippen LogP contribution in [0.15, 0.2) is 69.7 Å². The molecular weight excluding hydrogens is 412 g/mol. The number of carboxylic acid groups (broad SMARTS) is 2. The summed E-state index contributed by atoms with van der Waals surface area (Å²) in [6.07, 6.45) is 0. The predicted molar refractivity (Wildman–Crippen MR) is 110 cm³/mol. The van der Waals surface area contributed by atoms with Crippen LogP contribution in [0.25, 0.3) is 10.8 Å². The highest BCUT2D eigenvalue weighted by molar-refractivity contribution is 7.89. The molecule has 156 valence electrons. The molecule has 0 spiro atoms. The number of benzene rings is 3. The number of aliphatic carboxylic acids is 2. The highest BCUT2D eigenvalue weighted by atomic mass is 32.2. The van der Waals surface area contributed by atoms with Crippen molar-refractivity contribution in [1.29, 1.82) is 0 Å². The normalized spacial score (nSPS) is 11.1. The first-order valence-corrected chi connectivity index (χ1v) is 9.84. The molecule has 0 fully saturated rings. The van der Waals surface area contributed by atoms with E-state index in [-0.39, 0.29) is 10.6 Å². The zero-order chi connectivity index (χ0) is 22.5. The maximum Gasteiger partial charge on any atom is 0.414 e. The zero-order valence-corrected chi connectivity index (χ0v) is 16.5. The largest absolute Gasteiger partial charge is 0.473 e. The van der Waals surface area contributed by atoms with Gasteiger partial charge in [-0.1, -0.05) is 30.3 Å². The molecule has 11 heteroatoms. The molecule has 0 aliphatic rings. The van der Waals surface area contributed by atoms with Crippen molar-refractivity contribution in [2.24, 2.45) is 15.4 Å². The fourth-order valence-electron chi connectivity index (χ4n) is 2.43. The number of rotatable bonds is 3. The van der Waals surface area contributed by atoms with Crippen LogP contribution in [0, 0.1) is 6.92 Å². The number of fused-ring (bicyclic) bond motifs is 1. The molecule has 30 heavy (non-hydrogen) atoms. The molecule has 10 nitrogen and oxygen atoms in total. The van der Waals surface area contributed by atoms with Crippen LogP contribution in [0.2, 0.25) is 0 Å². The van der Waals surface area contributed by atoms with Gasteiger partial charge in [0.25, 0.3) is 0 Å². The fourth-order valence-corrected chi connectivity index (χ4v) is 3.18. The van der Waals surface area contributed by atoms with Gasteiger partial charge in [-0.3, -0.25) is 0 Å². The second kappa shape index (κ2) is 9.11. The third kappa shape index (κ3) is 5.59. The van der Waals surface area contributed by atoms with E-state index in [0.717, 1.165) is 16.3 Å². The summed E-state index contributed by atoms with van der Waals surface area (Å²) in [6.45, 7) is 1.78. The second-order valence-electron chi connectivity index (χ2n) is 6.05. The number of hydrogen-bond acceptors (Lipinski definition) is 7. The number of nitrogens with zero attached hydrogens (tertiary/aromatic N) is 2. The molecular formula is C19H18N4O6S. The number of carbonyl (C=O) groups is 2. The summed E-state index contributed by atoms with van der Waals surface area (Å²) >= 11 is 0. The molecule has 6 N–H and O–H groups in total. The van der Waals surface area contributed by atoms with Gasteiger partial charge in [0.15, 0.2) is 0 Å². The Bertz CT molecular complexity index is 1240. The first-order valence-electron chi connectivity index (χ1n) is 8.29. The lowest BCUT2D eigenvalue weighted by atomic mass is 10.1. The van der Waals surface area contributed by atoms with Gasteiger partial charge in [0.05, 0.1) is 5.69 Å². The van der Waals surface area contributed by atoms with Crippen molar-refractivity contribution in [2.45, 2.75) is 11.8 Å². The SMILES string of the molecule is Cc1ccc(N=Nc2ccc(N)c3ccccc23)c(S(N)(=O)=O)c1.O=C(O)C(=O)O. The number of aryl methyl sites for hydroxylation is 1. The van der Waals surface area contributed by atoms with E-state index >= 15 is 0 Å². The van der Waals surface area contributed by atoms with E-state index in [9.17, 15) is 8.42 Å². The van der Waals surface area contributed by atoms with E-state index in [1.807, 2.05) is 24.3 Å². The Morgan fingerprint density at radius 3 is 1.97 bits per heavy atom. The number of azo groups is 1. The highest BCUT2D eigenvalue weighted by Crippen LogP contribution is 2.32. The quantitative estimate of drug-likeness (QED) is 0.279. The molecule has 3 aromatic rings. The first kappa shape index (κ1) is 22.5. The van der Waals surface area contributed by atoms with E-state index < -0.39 is 22.0 Å². The van der Waals surface area contributed by atoms with Crippen molar-refractivity contribution >= 4 is 49.8 Å².